The summed E-state index contributed by atoms with van der Waals surface area (Å²) in [7, 11) is 0. The number of allylic oxidation sites excluding steroid dienone is 1. The molecular weight excluding hydrogens is 218 g/mol. The van der Waals surface area contributed by atoms with Gasteiger partial charge in [0, 0.05) is 11.1 Å². The molecule has 1 unspecified atom stereocenters. The second-order valence-corrected chi connectivity index (χ2v) is 4.99. The molecule has 1 atom stereocenters. The van der Waals surface area contributed by atoms with Crippen molar-refractivity contribution in [2.24, 2.45) is 0 Å². The quantitative estimate of drug-likeness (QED) is 0.811. The van der Waals surface area contributed by atoms with E-state index in [0.29, 0.717) is 6.04 Å². The Morgan fingerprint density at radius 1 is 1.38 bits per heavy atom. The number of benzene rings is 1. The summed E-state index contributed by atoms with van der Waals surface area (Å²) in [6, 6.07) is 6.72. The van der Waals surface area contributed by atoms with Crippen LogP contribution in [-0.2, 0) is 0 Å². The fourth-order valence-electron chi connectivity index (χ4n) is 2.20. The average molecular weight is 236 g/mol. The van der Waals surface area contributed by atoms with Gasteiger partial charge in [0.05, 0.1) is 0 Å². The molecule has 0 radical (unpaired) electrons. The third-order valence-electron chi connectivity index (χ3n) is 3.13. The maximum Gasteiger partial charge on any atom is 0.0415 e. The summed E-state index contributed by atoms with van der Waals surface area (Å²) in [6.45, 7) is 7.10. The van der Waals surface area contributed by atoms with Crippen molar-refractivity contribution in [3.8, 4) is 0 Å². The van der Waals surface area contributed by atoms with Gasteiger partial charge in [0.2, 0.25) is 0 Å². The monoisotopic (exact) mass is 235 g/mol. The Bertz CT molecular complexity index is 392. The zero-order chi connectivity index (χ0) is 11.5. The van der Waals surface area contributed by atoms with Crippen LogP contribution in [0.4, 0.5) is 0 Å². The van der Waals surface area contributed by atoms with Crippen molar-refractivity contribution in [1.82, 2.24) is 5.32 Å². The van der Waals surface area contributed by atoms with E-state index in [1.807, 2.05) is 13.0 Å². The van der Waals surface area contributed by atoms with Gasteiger partial charge in [0.1, 0.15) is 0 Å². The van der Waals surface area contributed by atoms with E-state index >= 15 is 0 Å². The minimum Gasteiger partial charge on any atom is -0.310 e. The smallest absolute Gasteiger partial charge is 0.0415 e. The summed E-state index contributed by atoms with van der Waals surface area (Å²) in [6.07, 6.45) is 3.78. The van der Waals surface area contributed by atoms with Crippen molar-refractivity contribution >= 4 is 17.2 Å². The molecule has 1 nitrogen and oxygen atoms in total. The van der Waals surface area contributed by atoms with Crippen LogP contribution in [0.15, 0.2) is 24.8 Å². The van der Waals surface area contributed by atoms with Gasteiger partial charge in [-0.2, -0.15) is 0 Å². The Balaban J connectivity index is 2.28. The first-order chi connectivity index (χ1) is 7.66. The van der Waals surface area contributed by atoms with E-state index in [-0.39, 0.29) is 0 Å². The zero-order valence-corrected chi connectivity index (χ0v) is 10.5. The molecule has 0 aliphatic carbocycles. The van der Waals surface area contributed by atoms with Crippen molar-refractivity contribution in [3.05, 3.63) is 40.9 Å². The van der Waals surface area contributed by atoms with E-state index in [2.05, 4.69) is 24.0 Å². The molecule has 1 aliphatic rings. The van der Waals surface area contributed by atoms with E-state index < -0.39 is 0 Å². The normalized spacial score (nSPS) is 20.8. The first kappa shape index (κ1) is 11.7. The van der Waals surface area contributed by atoms with Crippen LogP contribution in [0.1, 0.15) is 43.4 Å². The Morgan fingerprint density at radius 2 is 2.19 bits per heavy atom. The highest BCUT2D eigenvalue weighted by Crippen LogP contribution is 2.28. The first-order valence-electron chi connectivity index (χ1n) is 5.86. The van der Waals surface area contributed by atoms with E-state index in [1.54, 1.807) is 0 Å². The number of rotatable bonds is 2. The molecule has 1 saturated heterocycles. The summed E-state index contributed by atoms with van der Waals surface area (Å²) in [5.41, 5.74) is 3.51. The van der Waals surface area contributed by atoms with Gasteiger partial charge in [0.25, 0.3) is 0 Å². The maximum atomic E-state index is 6.14. The molecule has 2 heteroatoms. The Morgan fingerprint density at radius 3 is 2.81 bits per heavy atom. The minimum atomic E-state index is 0.463. The Kier molecular flexibility index (Phi) is 3.67. The highest BCUT2D eigenvalue weighted by molar-refractivity contribution is 6.30. The van der Waals surface area contributed by atoms with Crippen molar-refractivity contribution in [1.29, 1.82) is 0 Å². The largest absolute Gasteiger partial charge is 0.310 e. The molecule has 16 heavy (non-hydrogen) atoms. The summed E-state index contributed by atoms with van der Waals surface area (Å²) in [5.74, 6) is 0. The molecule has 0 aromatic heterocycles. The van der Waals surface area contributed by atoms with Gasteiger partial charge in [-0.25, -0.2) is 0 Å². The molecule has 1 fully saturated rings. The average Bonchev–Trinajstić information content (AvgIpc) is 2.29. The van der Waals surface area contributed by atoms with Crippen LogP contribution in [0.25, 0.3) is 5.57 Å². The third-order valence-corrected chi connectivity index (χ3v) is 3.34. The standard InChI is InChI=1S/C14H18ClN/c1-10(2)11-7-12(9-13(15)8-11)14-5-3-4-6-16-14/h7-9,14,16H,1,3-6H2,2H3. The fourth-order valence-corrected chi connectivity index (χ4v) is 2.44. The number of hydrogen-bond donors (Lipinski definition) is 1. The first-order valence-corrected chi connectivity index (χ1v) is 6.24. The summed E-state index contributed by atoms with van der Waals surface area (Å²) < 4.78 is 0. The molecule has 0 saturated carbocycles. The molecule has 1 aromatic rings. The molecule has 1 N–H and O–H groups in total. The number of piperidine rings is 1. The van der Waals surface area contributed by atoms with Gasteiger partial charge < -0.3 is 5.32 Å². The third kappa shape index (κ3) is 2.66. The van der Waals surface area contributed by atoms with Crippen LogP contribution in [0.5, 0.6) is 0 Å². The van der Waals surface area contributed by atoms with Crippen molar-refractivity contribution < 1.29 is 0 Å². The van der Waals surface area contributed by atoms with Gasteiger partial charge >= 0.3 is 0 Å². The molecule has 1 aromatic carbocycles. The molecule has 1 aliphatic heterocycles. The number of nitrogens with one attached hydrogen (secondary N) is 1. The van der Waals surface area contributed by atoms with E-state index in [0.717, 1.165) is 22.7 Å². The van der Waals surface area contributed by atoms with Crippen LogP contribution < -0.4 is 5.32 Å². The molecular formula is C14H18ClN. The highest BCUT2D eigenvalue weighted by Gasteiger charge is 2.15. The van der Waals surface area contributed by atoms with Crippen LogP contribution in [-0.4, -0.2) is 6.54 Å². The van der Waals surface area contributed by atoms with Crippen molar-refractivity contribution in [2.75, 3.05) is 6.54 Å². The molecule has 1 heterocycles. The predicted molar refractivity (Wildman–Crippen MR) is 70.8 cm³/mol. The van der Waals surface area contributed by atoms with Gasteiger partial charge in [-0.3, -0.25) is 0 Å². The summed E-state index contributed by atoms with van der Waals surface area (Å²) in [5, 5.41) is 4.35. The van der Waals surface area contributed by atoms with Gasteiger partial charge in [-0.05, 0) is 55.6 Å². The molecule has 0 spiro atoms. The minimum absolute atomic E-state index is 0.463. The fraction of sp³-hybridized carbons (Fsp3) is 0.429. The van der Waals surface area contributed by atoms with E-state index in [4.69, 9.17) is 11.6 Å². The molecule has 2 rings (SSSR count). The van der Waals surface area contributed by atoms with Crippen LogP contribution in [0.3, 0.4) is 0 Å². The van der Waals surface area contributed by atoms with E-state index in [1.165, 1.54) is 24.8 Å². The second-order valence-electron chi connectivity index (χ2n) is 4.56. The van der Waals surface area contributed by atoms with Crippen molar-refractivity contribution in [2.45, 2.75) is 32.2 Å². The maximum absolute atomic E-state index is 6.14. The lowest BCUT2D eigenvalue weighted by molar-refractivity contribution is 0.412. The Hall–Kier alpha value is -0.790. The van der Waals surface area contributed by atoms with Gasteiger partial charge in [0.15, 0.2) is 0 Å². The van der Waals surface area contributed by atoms with Gasteiger partial charge in [-0.15, -0.1) is 0 Å². The second kappa shape index (κ2) is 5.03. The van der Waals surface area contributed by atoms with Crippen LogP contribution in [0, 0.1) is 0 Å². The lowest BCUT2D eigenvalue weighted by Gasteiger charge is -2.24. The predicted octanol–water partition coefficient (Wildman–Crippen LogP) is 4.19. The summed E-state index contributed by atoms with van der Waals surface area (Å²) in [4.78, 5) is 0. The molecule has 0 amide bonds. The SMILES string of the molecule is C=C(C)c1cc(Cl)cc(C2CCCCN2)c1. The van der Waals surface area contributed by atoms with Crippen molar-refractivity contribution in [3.63, 3.8) is 0 Å². The Labute approximate surface area is 103 Å². The van der Waals surface area contributed by atoms with Gasteiger partial charge in [-0.1, -0.05) is 30.2 Å². The number of halogens is 1. The summed E-state index contributed by atoms with van der Waals surface area (Å²) >= 11 is 6.14. The highest BCUT2D eigenvalue weighted by atomic mass is 35.5. The van der Waals surface area contributed by atoms with Crippen LogP contribution >= 0.6 is 11.6 Å². The topological polar surface area (TPSA) is 12.0 Å². The lowest BCUT2D eigenvalue weighted by Crippen LogP contribution is -2.26. The van der Waals surface area contributed by atoms with E-state index in [9.17, 15) is 0 Å². The van der Waals surface area contributed by atoms with Crippen LogP contribution in [0.2, 0.25) is 5.02 Å². The zero-order valence-electron chi connectivity index (χ0n) is 9.72. The molecule has 86 valence electrons. The number of hydrogen-bond acceptors (Lipinski definition) is 1. The molecule has 0 bridgehead atoms. The lowest BCUT2D eigenvalue weighted by atomic mass is 9.95.